The van der Waals surface area contributed by atoms with E-state index < -0.39 is 0 Å². The van der Waals surface area contributed by atoms with Crippen LogP contribution in [0.5, 0.6) is 5.88 Å². The van der Waals surface area contributed by atoms with Gasteiger partial charge >= 0.3 is 0 Å². The van der Waals surface area contributed by atoms with Gasteiger partial charge < -0.3 is 14.8 Å². The summed E-state index contributed by atoms with van der Waals surface area (Å²) in [7, 11) is 0. The van der Waals surface area contributed by atoms with Gasteiger partial charge in [0.1, 0.15) is 11.7 Å². The summed E-state index contributed by atoms with van der Waals surface area (Å²) in [5.41, 5.74) is 1.21. The maximum Gasteiger partial charge on any atom is 0.260 e. The van der Waals surface area contributed by atoms with E-state index in [4.69, 9.17) is 4.74 Å². The second-order valence-corrected chi connectivity index (χ2v) is 5.60. The quantitative estimate of drug-likeness (QED) is 0.626. The van der Waals surface area contributed by atoms with Gasteiger partial charge in [-0.1, -0.05) is 0 Å². The van der Waals surface area contributed by atoms with E-state index in [1.54, 1.807) is 23.1 Å². The molecule has 1 saturated heterocycles. The first-order valence-corrected chi connectivity index (χ1v) is 7.57. The molecule has 23 heavy (non-hydrogen) atoms. The number of hydrogen-bond donors (Lipinski definition) is 0. The summed E-state index contributed by atoms with van der Waals surface area (Å²) in [6.07, 6.45) is 4.23. The van der Waals surface area contributed by atoms with Crippen LogP contribution in [0.25, 0.3) is 0 Å². The summed E-state index contributed by atoms with van der Waals surface area (Å²) in [6.45, 7) is 2.99. The number of aryl methyl sites for hydroxylation is 1. The Kier molecular flexibility index (Phi) is 4.36. The first-order valence-electron chi connectivity index (χ1n) is 7.57. The number of aromatic nitrogens is 3. The van der Waals surface area contributed by atoms with E-state index in [0.29, 0.717) is 29.3 Å². The molecule has 1 aliphatic heterocycles. The van der Waals surface area contributed by atoms with Gasteiger partial charge in [-0.15, -0.1) is 5.10 Å². The van der Waals surface area contributed by atoms with Gasteiger partial charge in [0.15, 0.2) is 12.4 Å². The molecular formula is C16H18N4O3. The minimum atomic E-state index is -0.154. The molecule has 2 aromatic rings. The summed E-state index contributed by atoms with van der Waals surface area (Å²) in [4.78, 5) is 14.2. The molecule has 120 valence electrons. The molecule has 0 spiro atoms. The summed E-state index contributed by atoms with van der Waals surface area (Å²) in [5.74, 6) is 0.311. The zero-order valence-electron chi connectivity index (χ0n) is 12.9. The standard InChI is InChI=1S/C16H18N4O3/c1-12-6-7-15(18-17-12)23-14-5-3-8-19(11-14)16(21)13-4-2-9-20(22)10-13/h2,4,6-7,9-10,14H,3,5,8,11H2,1H3. The van der Waals surface area contributed by atoms with Gasteiger partial charge in [0.05, 0.1) is 12.2 Å². The Labute approximate surface area is 134 Å². The van der Waals surface area contributed by atoms with Gasteiger partial charge in [-0.25, -0.2) is 0 Å². The molecule has 0 saturated carbocycles. The molecule has 3 rings (SSSR count). The highest BCUT2D eigenvalue weighted by Crippen LogP contribution is 2.18. The number of likely N-dealkylation sites (tertiary alicyclic amines) is 1. The predicted octanol–water partition coefficient (Wildman–Crippen LogP) is 1.10. The Morgan fingerprint density at radius 1 is 1.39 bits per heavy atom. The number of carbonyl (C=O) groups excluding carboxylic acids is 1. The first-order chi connectivity index (χ1) is 11.1. The van der Waals surface area contributed by atoms with Gasteiger partial charge in [0.2, 0.25) is 5.88 Å². The largest absolute Gasteiger partial charge is 0.619 e. The highest BCUT2D eigenvalue weighted by molar-refractivity contribution is 5.93. The summed E-state index contributed by atoms with van der Waals surface area (Å²) in [6, 6.07) is 6.83. The molecule has 1 atom stereocenters. The van der Waals surface area contributed by atoms with E-state index in [9.17, 15) is 10.0 Å². The molecule has 0 aromatic carbocycles. The normalized spacial score (nSPS) is 17.8. The van der Waals surface area contributed by atoms with Crippen LogP contribution in [-0.2, 0) is 0 Å². The molecule has 2 aromatic heterocycles. The van der Waals surface area contributed by atoms with Crippen molar-refractivity contribution in [1.29, 1.82) is 0 Å². The van der Waals surface area contributed by atoms with Gasteiger partial charge in [-0.05, 0) is 31.9 Å². The van der Waals surface area contributed by atoms with Crippen molar-refractivity contribution >= 4 is 5.91 Å². The Bertz CT molecular complexity index is 690. The van der Waals surface area contributed by atoms with Crippen molar-refractivity contribution < 1.29 is 14.3 Å². The van der Waals surface area contributed by atoms with Crippen LogP contribution in [0, 0.1) is 12.1 Å². The average Bonchev–Trinajstić information content (AvgIpc) is 2.56. The van der Waals surface area contributed by atoms with E-state index in [0.717, 1.165) is 18.5 Å². The maximum absolute atomic E-state index is 12.5. The van der Waals surface area contributed by atoms with Crippen molar-refractivity contribution in [2.75, 3.05) is 13.1 Å². The van der Waals surface area contributed by atoms with Crippen LogP contribution in [0.2, 0.25) is 0 Å². The molecule has 3 heterocycles. The fourth-order valence-electron chi connectivity index (χ4n) is 2.60. The number of rotatable bonds is 3. The average molecular weight is 314 g/mol. The molecule has 0 N–H and O–H groups in total. The minimum absolute atomic E-state index is 0.118. The van der Waals surface area contributed by atoms with Crippen molar-refractivity contribution in [3.05, 3.63) is 53.1 Å². The first kappa shape index (κ1) is 15.2. The zero-order chi connectivity index (χ0) is 16.2. The second-order valence-electron chi connectivity index (χ2n) is 5.60. The van der Waals surface area contributed by atoms with Crippen molar-refractivity contribution in [2.45, 2.75) is 25.9 Å². The number of hydrogen-bond acceptors (Lipinski definition) is 5. The Morgan fingerprint density at radius 3 is 3.00 bits per heavy atom. The monoisotopic (exact) mass is 314 g/mol. The van der Waals surface area contributed by atoms with Crippen molar-refractivity contribution in [3.63, 3.8) is 0 Å². The van der Waals surface area contributed by atoms with Crippen molar-refractivity contribution in [3.8, 4) is 5.88 Å². The molecule has 7 nitrogen and oxygen atoms in total. The SMILES string of the molecule is Cc1ccc(OC2CCCN(C(=O)c3ccc[n+]([O-])c3)C2)nn1. The number of carbonyl (C=O) groups is 1. The Morgan fingerprint density at radius 2 is 2.26 bits per heavy atom. The van der Waals surface area contributed by atoms with Gasteiger partial charge in [0, 0.05) is 18.7 Å². The van der Waals surface area contributed by atoms with E-state index >= 15 is 0 Å². The lowest BCUT2D eigenvalue weighted by Gasteiger charge is -2.32. The third-order valence-electron chi connectivity index (χ3n) is 3.75. The van der Waals surface area contributed by atoms with Crippen LogP contribution in [0.4, 0.5) is 0 Å². The Balaban J connectivity index is 1.66. The number of nitrogens with zero attached hydrogens (tertiary/aromatic N) is 4. The zero-order valence-corrected chi connectivity index (χ0v) is 12.9. The number of amides is 1. The predicted molar refractivity (Wildman–Crippen MR) is 81.7 cm³/mol. The number of pyridine rings is 1. The lowest BCUT2D eigenvalue weighted by atomic mass is 10.1. The van der Waals surface area contributed by atoms with E-state index in [-0.39, 0.29) is 12.0 Å². The smallest absolute Gasteiger partial charge is 0.260 e. The van der Waals surface area contributed by atoms with Crippen LogP contribution < -0.4 is 9.47 Å². The molecule has 0 radical (unpaired) electrons. The fourth-order valence-corrected chi connectivity index (χ4v) is 2.60. The summed E-state index contributed by atoms with van der Waals surface area (Å²) < 4.78 is 6.45. The van der Waals surface area contributed by atoms with Crippen LogP contribution in [-0.4, -0.2) is 40.2 Å². The van der Waals surface area contributed by atoms with Crippen molar-refractivity contribution in [2.24, 2.45) is 0 Å². The van der Waals surface area contributed by atoms with E-state index in [1.165, 1.54) is 12.4 Å². The molecule has 0 aliphatic carbocycles. The third-order valence-corrected chi connectivity index (χ3v) is 3.75. The third kappa shape index (κ3) is 3.74. The van der Waals surface area contributed by atoms with E-state index in [2.05, 4.69) is 10.2 Å². The highest BCUT2D eigenvalue weighted by Gasteiger charge is 2.26. The van der Waals surface area contributed by atoms with Crippen LogP contribution >= 0.6 is 0 Å². The highest BCUT2D eigenvalue weighted by atomic mass is 16.5. The molecule has 1 fully saturated rings. The number of piperidine rings is 1. The molecule has 1 unspecified atom stereocenters. The second kappa shape index (κ2) is 6.60. The van der Waals surface area contributed by atoms with Gasteiger partial charge in [0.25, 0.3) is 5.91 Å². The Hall–Kier alpha value is -2.70. The van der Waals surface area contributed by atoms with Crippen LogP contribution in [0.15, 0.2) is 36.7 Å². The maximum atomic E-state index is 12.5. The van der Waals surface area contributed by atoms with Crippen molar-refractivity contribution in [1.82, 2.24) is 15.1 Å². The molecular weight excluding hydrogens is 296 g/mol. The molecule has 0 bridgehead atoms. The fraction of sp³-hybridized carbons (Fsp3) is 0.375. The minimum Gasteiger partial charge on any atom is -0.619 e. The van der Waals surface area contributed by atoms with Gasteiger partial charge in [-0.3, -0.25) is 4.79 Å². The topological polar surface area (TPSA) is 82.3 Å². The van der Waals surface area contributed by atoms with Crippen LogP contribution in [0.1, 0.15) is 28.9 Å². The summed E-state index contributed by atoms with van der Waals surface area (Å²) in [5, 5.41) is 19.3. The van der Waals surface area contributed by atoms with Crippen LogP contribution in [0.3, 0.4) is 0 Å². The molecule has 7 heteroatoms. The van der Waals surface area contributed by atoms with Gasteiger partial charge in [-0.2, -0.15) is 9.83 Å². The summed E-state index contributed by atoms with van der Waals surface area (Å²) >= 11 is 0. The lowest BCUT2D eigenvalue weighted by Crippen LogP contribution is -2.45. The molecule has 1 aliphatic rings. The molecule has 1 amide bonds. The van der Waals surface area contributed by atoms with E-state index in [1.807, 2.05) is 13.0 Å². The number of ether oxygens (including phenoxy) is 1. The lowest BCUT2D eigenvalue weighted by molar-refractivity contribution is -0.605.